The Labute approximate surface area is 81.4 Å². The van der Waals surface area contributed by atoms with Crippen LogP contribution in [0.1, 0.15) is 20.3 Å². The molecule has 2 saturated heterocycles. The van der Waals surface area contributed by atoms with E-state index in [2.05, 4.69) is 5.32 Å². The molecule has 2 heterocycles. The number of amides is 1. The van der Waals surface area contributed by atoms with Crippen LogP contribution in [0.4, 0.5) is 0 Å². The third-order valence-electron chi connectivity index (χ3n) is 2.72. The van der Waals surface area contributed by atoms with E-state index in [0.717, 1.165) is 0 Å². The number of carbonyl (C=O) groups excluding carboxylic acids is 2. The van der Waals surface area contributed by atoms with Crippen molar-refractivity contribution in [1.82, 2.24) is 5.32 Å². The molecule has 2 fully saturated rings. The minimum absolute atomic E-state index is 0.260. The zero-order valence-electron chi connectivity index (χ0n) is 8.11. The predicted molar refractivity (Wildman–Crippen MR) is 46.2 cm³/mol. The van der Waals surface area contributed by atoms with E-state index in [1.54, 1.807) is 0 Å². The summed E-state index contributed by atoms with van der Waals surface area (Å²) in [5, 5.41) is 11.9. The average Bonchev–Trinajstić information content (AvgIpc) is 2.26. The Morgan fingerprint density at radius 3 is 2.64 bits per heavy atom. The molecule has 2 aliphatic rings. The molecule has 0 bridgehead atoms. The highest BCUT2D eigenvalue weighted by Crippen LogP contribution is 2.39. The lowest BCUT2D eigenvalue weighted by molar-refractivity contribution is -0.197. The number of fused-ring (bicyclic) bond motifs is 1. The molecule has 0 aromatic heterocycles. The normalized spacial score (nSPS) is 40.3. The first kappa shape index (κ1) is 9.45. The number of ether oxygens (including phenoxy) is 1. The van der Waals surface area contributed by atoms with Crippen molar-refractivity contribution in [3.8, 4) is 0 Å². The molecule has 0 aromatic carbocycles. The Morgan fingerprint density at radius 1 is 1.57 bits per heavy atom. The van der Waals surface area contributed by atoms with Gasteiger partial charge in [-0.25, -0.2) is 4.79 Å². The monoisotopic (exact) mass is 199 g/mol. The molecule has 5 nitrogen and oxygen atoms in total. The molecule has 2 rings (SSSR count). The highest BCUT2D eigenvalue weighted by molar-refractivity contribution is 6.00. The van der Waals surface area contributed by atoms with Gasteiger partial charge in [-0.05, 0) is 12.3 Å². The minimum atomic E-state index is -1.20. The molecule has 5 heteroatoms. The summed E-state index contributed by atoms with van der Waals surface area (Å²) < 4.78 is 4.78. The molecule has 3 atom stereocenters. The van der Waals surface area contributed by atoms with E-state index >= 15 is 0 Å². The minimum Gasteiger partial charge on any atom is -0.454 e. The Kier molecular flexibility index (Phi) is 1.82. The summed E-state index contributed by atoms with van der Waals surface area (Å²) in [4.78, 5) is 22.5. The number of carbonyl (C=O) groups is 2. The van der Waals surface area contributed by atoms with Crippen LogP contribution in [0.5, 0.6) is 0 Å². The van der Waals surface area contributed by atoms with E-state index in [0.29, 0.717) is 6.42 Å². The molecular weight excluding hydrogens is 186 g/mol. The summed E-state index contributed by atoms with van der Waals surface area (Å²) in [5.74, 6) is -0.682. The Morgan fingerprint density at radius 2 is 2.21 bits per heavy atom. The molecule has 1 amide bonds. The van der Waals surface area contributed by atoms with E-state index < -0.39 is 29.6 Å². The van der Waals surface area contributed by atoms with Crippen molar-refractivity contribution in [2.24, 2.45) is 5.92 Å². The molecule has 0 spiro atoms. The lowest BCUT2D eigenvalue weighted by atomic mass is 9.80. The Balaban J connectivity index is 2.24. The standard InChI is InChI=1S/C9H13NO4/c1-4(2)3-9-6(14-8(9)13)5(11)7(12)10-9/h4-6,11H,3H2,1-2H3,(H,10,12)/t5-,6+,9-/m1/s1. The molecule has 2 aliphatic heterocycles. The number of rotatable bonds is 2. The molecule has 2 N–H and O–H groups in total. The van der Waals surface area contributed by atoms with Crippen LogP contribution < -0.4 is 5.32 Å². The molecule has 0 aliphatic carbocycles. The van der Waals surface area contributed by atoms with E-state index in [-0.39, 0.29) is 5.92 Å². The first-order valence-corrected chi connectivity index (χ1v) is 4.68. The number of hydrogen-bond acceptors (Lipinski definition) is 4. The zero-order valence-corrected chi connectivity index (χ0v) is 8.11. The topological polar surface area (TPSA) is 75.6 Å². The second-order valence-electron chi connectivity index (χ2n) is 4.33. The predicted octanol–water partition coefficient (Wildman–Crippen LogP) is -0.813. The van der Waals surface area contributed by atoms with Gasteiger partial charge in [0.2, 0.25) is 0 Å². The Bertz CT molecular complexity index is 301. The molecule has 0 unspecified atom stereocenters. The van der Waals surface area contributed by atoms with Gasteiger partial charge in [-0.3, -0.25) is 4.79 Å². The summed E-state index contributed by atoms with van der Waals surface area (Å²) >= 11 is 0. The van der Waals surface area contributed by atoms with Gasteiger partial charge in [-0.15, -0.1) is 0 Å². The van der Waals surface area contributed by atoms with Crippen molar-refractivity contribution in [3.63, 3.8) is 0 Å². The third-order valence-corrected chi connectivity index (χ3v) is 2.72. The van der Waals surface area contributed by atoms with Crippen LogP contribution in [-0.4, -0.2) is 34.7 Å². The van der Waals surface area contributed by atoms with Gasteiger partial charge in [0, 0.05) is 0 Å². The number of aliphatic hydroxyl groups is 1. The second kappa shape index (κ2) is 2.70. The van der Waals surface area contributed by atoms with Gasteiger partial charge in [0.15, 0.2) is 17.7 Å². The number of aliphatic hydroxyl groups excluding tert-OH is 1. The first-order chi connectivity index (χ1) is 6.47. The van der Waals surface area contributed by atoms with Crippen LogP contribution in [0.25, 0.3) is 0 Å². The fourth-order valence-corrected chi connectivity index (χ4v) is 2.16. The third kappa shape index (κ3) is 0.987. The van der Waals surface area contributed by atoms with Gasteiger partial charge in [0.25, 0.3) is 5.91 Å². The van der Waals surface area contributed by atoms with Crippen LogP contribution in [0.3, 0.4) is 0 Å². The van der Waals surface area contributed by atoms with Gasteiger partial charge < -0.3 is 15.2 Å². The highest BCUT2D eigenvalue weighted by Gasteiger charge is 2.68. The maximum Gasteiger partial charge on any atom is 0.336 e. The average molecular weight is 199 g/mol. The van der Waals surface area contributed by atoms with Gasteiger partial charge in [0.1, 0.15) is 0 Å². The molecule has 0 radical (unpaired) electrons. The van der Waals surface area contributed by atoms with E-state index in [9.17, 15) is 14.7 Å². The number of esters is 1. The zero-order chi connectivity index (χ0) is 10.5. The number of nitrogens with one attached hydrogen (secondary N) is 1. The first-order valence-electron chi connectivity index (χ1n) is 4.68. The maximum atomic E-state index is 11.3. The van der Waals surface area contributed by atoms with Crippen LogP contribution in [0, 0.1) is 5.92 Å². The molecule has 0 aromatic rings. The molecule has 78 valence electrons. The summed E-state index contributed by atoms with van der Waals surface area (Å²) in [7, 11) is 0. The Hall–Kier alpha value is -1.10. The highest BCUT2D eigenvalue weighted by atomic mass is 16.6. The van der Waals surface area contributed by atoms with Crippen molar-refractivity contribution in [2.45, 2.75) is 38.0 Å². The number of hydrogen-bond donors (Lipinski definition) is 2. The van der Waals surface area contributed by atoms with Crippen LogP contribution >= 0.6 is 0 Å². The van der Waals surface area contributed by atoms with Gasteiger partial charge in [-0.2, -0.15) is 0 Å². The summed E-state index contributed by atoms with van der Waals surface area (Å²) in [6.45, 7) is 3.91. The van der Waals surface area contributed by atoms with Crippen molar-refractivity contribution in [1.29, 1.82) is 0 Å². The fraction of sp³-hybridized carbons (Fsp3) is 0.778. The quantitative estimate of drug-likeness (QED) is 0.570. The maximum absolute atomic E-state index is 11.3. The van der Waals surface area contributed by atoms with Crippen LogP contribution in [-0.2, 0) is 14.3 Å². The van der Waals surface area contributed by atoms with Crippen LogP contribution in [0.2, 0.25) is 0 Å². The van der Waals surface area contributed by atoms with E-state index in [1.807, 2.05) is 13.8 Å². The largest absolute Gasteiger partial charge is 0.454 e. The lowest BCUT2D eigenvalue weighted by Gasteiger charge is -2.42. The van der Waals surface area contributed by atoms with E-state index in [4.69, 9.17) is 4.74 Å². The molecule has 14 heavy (non-hydrogen) atoms. The summed E-state index contributed by atoms with van der Waals surface area (Å²) in [6.07, 6.45) is -1.38. The van der Waals surface area contributed by atoms with Crippen molar-refractivity contribution < 1.29 is 19.4 Å². The van der Waals surface area contributed by atoms with Crippen molar-refractivity contribution >= 4 is 11.9 Å². The van der Waals surface area contributed by atoms with Crippen molar-refractivity contribution in [3.05, 3.63) is 0 Å². The van der Waals surface area contributed by atoms with Crippen molar-refractivity contribution in [2.75, 3.05) is 0 Å². The molecule has 0 saturated carbocycles. The summed E-state index contributed by atoms with van der Waals surface area (Å²) in [6, 6.07) is 0. The SMILES string of the molecule is CC(C)C[C@@]12NC(=O)[C@H](O)[C@@H]1OC2=O. The molecular formula is C9H13NO4. The lowest BCUT2D eigenvalue weighted by Crippen LogP contribution is -2.67. The smallest absolute Gasteiger partial charge is 0.336 e. The summed E-state index contributed by atoms with van der Waals surface area (Å²) in [5.41, 5.74) is -0.954. The van der Waals surface area contributed by atoms with E-state index in [1.165, 1.54) is 0 Å². The van der Waals surface area contributed by atoms with Gasteiger partial charge in [0.05, 0.1) is 0 Å². The van der Waals surface area contributed by atoms with Gasteiger partial charge >= 0.3 is 5.97 Å². The van der Waals surface area contributed by atoms with Crippen LogP contribution in [0.15, 0.2) is 0 Å². The second-order valence-corrected chi connectivity index (χ2v) is 4.33. The fourth-order valence-electron chi connectivity index (χ4n) is 2.16. The van der Waals surface area contributed by atoms with Gasteiger partial charge in [-0.1, -0.05) is 13.8 Å².